The van der Waals surface area contributed by atoms with Crippen molar-refractivity contribution in [3.8, 4) is 0 Å². The zero-order chi connectivity index (χ0) is 15.9. The molecule has 0 heterocycles. The maximum absolute atomic E-state index is 11.9. The van der Waals surface area contributed by atoms with Crippen LogP contribution in [0.15, 0.2) is 24.3 Å². The van der Waals surface area contributed by atoms with Gasteiger partial charge in [0.15, 0.2) is 0 Å². The number of carbonyl (C=O) groups excluding carboxylic acids is 1. The summed E-state index contributed by atoms with van der Waals surface area (Å²) in [5, 5.41) is 12.3. The molecule has 1 aromatic carbocycles. The summed E-state index contributed by atoms with van der Waals surface area (Å²) < 4.78 is 0. The Balaban J connectivity index is 2.30. The van der Waals surface area contributed by atoms with Gasteiger partial charge in [-0.15, -0.1) is 0 Å². The van der Waals surface area contributed by atoms with Crippen LogP contribution in [0, 0.1) is 0 Å². The normalized spacial score (nSPS) is 11.2. The molecule has 4 nitrogen and oxygen atoms in total. The number of hydrogen-bond donors (Lipinski definition) is 2. The summed E-state index contributed by atoms with van der Waals surface area (Å²) in [5.41, 5.74) is 0.660. The van der Waals surface area contributed by atoms with Crippen LogP contribution in [0.5, 0.6) is 0 Å². The summed E-state index contributed by atoms with van der Waals surface area (Å²) in [5.74, 6) is -0.889. The SMILES string of the molecule is CC(C)(CCC(=O)O)NC(=O)CCCc1ccc(Cl)cc1. The lowest BCUT2D eigenvalue weighted by Crippen LogP contribution is -2.43. The molecule has 1 aromatic rings. The summed E-state index contributed by atoms with van der Waals surface area (Å²) >= 11 is 5.81. The highest BCUT2D eigenvalue weighted by atomic mass is 35.5. The Morgan fingerprint density at radius 2 is 1.81 bits per heavy atom. The number of nitrogens with one attached hydrogen (secondary N) is 1. The Labute approximate surface area is 130 Å². The molecule has 0 aliphatic heterocycles. The highest BCUT2D eigenvalue weighted by Crippen LogP contribution is 2.13. The third-order valence-corrected chi connectivity index (χ3v) is 3.48. The molecule has 116 valence electrons. The van der Waals surface area contributed by atoms with Crippen LogP contribution in [-0.2, 0) is 16.0 Å². The monoisotopic (exact) mass is 311 g/mol. The van der Waals surface area contributed by atoms with Crippen LogP contribution >= 0.6 is 11.6 Å². The van der Waals surface area contributed by atoms with Crippen LogP contribution in [-0.4, -0.2) is 22.5 Å². The quantitative estimate of drug-likeness (QED) is 0.773. The number of carboxylic acid groups (broad SMARTS) is 1. The predicted octanol–water partition coefficient (Wildman–Crippen LogP) is 3.42. The van der Waals surface area contributed by atoms with Gasteiger partial charge in [-0.05, 0) is 50.8 Å². The number of aliphatic carboxylic acids is 1. The minimum absolute atomic E-state index is 0.0423. The molecule has 0 saturated heterocycles. The lowest BCUT2D eigenvalue weighted by atomic mass is 9.98. The summed E-state index contributed by atoms with van der Waals surface area (Å²) in [6.45, 7) is 3.68. The van der Waals surface area contributed by atoms with E-state index in [1.54, 1.807) is 0 Å². The van der Waals surface area contributed by atoms with E-state index in [-0.39, 0.29) is 12.3 Å². The van der Waals surface area contributed by atoms with E-state index in [0.717, 1.165) is 18.4 Å². The van der Waals surface area contributed by atoms with Gasteiger partial charge in [0.1, 0.15) is 0 Å². The average molecular weight is 312 g/mol. The van der Waals surface area contributed by atoms with E-state index in [0.29, 0.717) is 17.9 Å². The van der Waals surface area contributed by atoms with E-state index < -0.39 is 11.5 Å². The molecule has 0 aliphatic rings. The minimum atomic E-state index is -0.847. The van der Waals surface area contributed by atoms with Crippen LogP contribution < -0.4 is 5.32 Å². The number of hydrogen-bond acceptors (Lipinski definition) is 2. The summed E-state index contributed by atoms with van der Waals surface area (Å²) in [6, 6.07) is 7.59. The second-order valence-electron chi connectivity index (χ2n) is 5.81. The van der Waals surface area contributed by atoms with E-state index >= 15 is 0 Å². The van der Waals surface area contributed by atoms with Gasteiger partial charge in [-0.3, -0.25) is 9.59 Å². The molecule has 0 fully saturated rings. The Morgan fingerprint density at radius 1 is 1.19 bits per heavy atom. The van der Waals surface area contributed by atoms with Crippen molar-refractivity contribution in [1.29, 1.82) is 0 Å². The highest BCUT2D eigenvalue weighted by Gasteiger charge is 2.21. The molecule has 0 atom stereocenters. The van der Waals surface area contributed by atoms with Crippen molar-refractivity contribution in [3.05, 3.63) is 34.9 Å². The maximum atomic E-state index is 11.9. The first-order chi connectivity index (χ1) is 9.78. The number of carbonyl (C=O) groups is 2. The smallest absolute Gasteiger partial charge is 0.303 e. The Kier molecular flexibility index (Phi) is 6.69. The van der Waals surface area contributed by atoms with Crippen LogP contribution in [0.3, 0.4) is 0 Å². The van der Waals surface area contributed by atoms with Crippen LogP contribution in [0.4, 0.5) is 0 Å². The van der Waals surface area contributed by atoms with Crippen LogP contribution in [0.25, 0.3) is 0 Å². The van der Waals surface area contributed by atoms with Crippen molar-refractivity contribution in [1.82, 2.24) is 5.32 Å². The van der Waals surface area contributed by atoms with E-state index in [4.69, 9.17) is 16.7 Å². The van der Waals surface area contributed by atoms with Crippen LogP contribution in [0.1, 0.15) is 45.1 Å². The van der Waals surface area contributed by atoms with E-state index in [1.165, 1.54) is 0 Å². The third-order valence-electron chi connectivity index (χ3n) is 3.22. The number of benzene rings is 1. The fraction of sp³-hybridized carbons (Fsp3) is 0.500. The van der Waals surface area contributed by atoms with Gasteiger partial charge >= 0.3 is 5.97 Å². The van der Waals surface area contributed by atoms with Gasteiger partial charge in [-0.2, -0.15) is 0 Å². The number of halogens is 1. The van der Waals surface area contributed by atoms with Crippen molar-refractivity contribution in [2.24, 2.45) is 0 Å². The van der Waals surface area contributed by atoms with Gasteiger partial charge in [0.2, 0.25) is 5.91 Å². The zero-order valence-corrected chi connectivity index (χ0v) is 13.2. The first kappa shape index (κ1) is 17.5. The topological polar surface area (TPSA) is 66.4 Å². The van der Waals surface area contributed by atoms with Gasteiger partial charge in [-0.1, -0.05) is 23.7 Å². The van der Waals surface area contributed by atoms with Crippen molar-refractivity contribution in [2.75, 3.05) is 0 Å². The molecule has 0 radical (unpaired) electrons. The summed E-state index contributed by atoms with van der Waals surface area (Å²) in [7, 11) is 0. The summed E-state index contributed by atoms with van der Waals surface area (Å²) in [6.07, 6.45) is 2.48. The second-order valence-corrected chi connectivity index (χ2v) is 6.24. The molecule has 0 bridgehead atoms. The first-order valence-electron chi connectivity index (χ1n) is 7.06. The lowest BCUT2D eigenvalue weighted by Gasteiger charge is -2.25. The molecule has 0 spiro atoms. The Bertz CT molecular complexity index is 483. The van der Waals surface area contributed by atoms with Crippen molar-refractivity contribution in [3.63, 3.8) is 0 Å². The number of carboxylic acids is 1. The molecular formula is C16H22ClNO3. The fourth-order valence-corrected chi connectivity index (χ4v) is 2.15. The lowest BCUT2D eigenvalue weighted by molar-refractivity contribution is -0.137. The van der Waals surface area contributed by atoms with Crippen molar-refractivity contribution < 1.29 is 14.7 Å². The molecule has 21 heavy (non-hydrogen) atoms. The van der Waals surface area contributed by atoms with E-state index in [9.17, 15) is 9.59 Å². The van der Waals surface area contributed by atoms with Crippen LogP contribution in [0.2, 0.25) is 5.02 Å². The molecule has 1 rings (SSSR count). The molecule has 0 unspecified atom stereocenters. The van der Waals surface area contributed by atoms with E-state index in [1.807, 2.05) is 38.1 Å². The second kappa shape index (κ2) is 8.03. The minimum Gasteiger partial charge on any atom is -0.481 e. The van der Waals surface area contributed by atoms with E-state index in [2.05, 4.69) is 5.32 Å². The van der Waals surface area contributed by atoms with Crippen molar-refractivity contribution >= 4 is 23.5 Å². The molecule has 0 aliphatic carbocycles. The number of rotatable bonds is 8. The summed E-state index contributed by atoms with van der Waals surface area (Å²) in [4.78, 5) is 22.4. The zero-order valence-electron chi connectivity index (χ0n) is 12.5. The maximum Gasteiger partial charge on any atom is 0.303 e. The predicted molar refractivity (Wildman–Crippen MR) is 83.5 cm³/mol. The van der Waals surface area contributed by atoms with Gasteiger partial charge < -0.3 is 10.4 Å². The molecule has 2 N–H and O–H groups in total. The van der Waals surface area contributed by atoms with Crippen molar-refractivity contribution in [2.45, 2.75) is 51.5 Å². The third kappa shape index (κ3) is 7.71. The van der Waals surface area contributed by atoms with Gasteiger partial charge in [0.25, 0.3) is 0 Å². The largest absolute Gasteiger partial charge is 0.481 e. The first-order valence-corrected chi connectivity index (χ1v) is 7.43. The molecule has 0 saturated carbocycles. The average Bonchev–Trinajstić information content (AvgIpc) is 2.38. The molecule has 5 heteroatoms. The number of amides is 1. The van der Waals surface area contributed by atoms with Gasteiger partial charge in [0.05, 0.1) is 0 Å². The van der Waals surface area contributed by atoms with Gasteiger partial charge in [-0.25, -0.2) is 0 Å². The molecule has 0 aromatic heterocycles. The molecular weight excluding hydrogens is 290 g/mol. The Morgan fingerprint density at radius 3 is 2.38 bits per heavy atom. The van der Waals surface area contributed by atoms with Gasteiger partial charge in [0, 0.05) is 23.4 Å². The Hall–Kier alpha value is -1.55. The standard InChI is InChI=1S/C16H22ClNO3/c1-16(2,11-10-15(20)21)18-14(19)5-3-4-12-6-8-13(17)9-7-12/h6-9H,3-5,10-11H2,1-2H3,(H,18,19)(H,20,21). The number of aryl methyl sites for hydroxylation is 1. The fourth-order valence-electron chi connectivity index (χ4n) is 2.03. The highest BCUT2D eigenvalue weighted by molar-refractivity contribution is 6.30. The molecule has 1 amide bonds.